The fraction of sp³-hybridized carbons (Fsp3) is 0.889. The Hall–Kier alpha value is 0.814. The summed E-state index contributed by atoms with van der Waals surface area (Å²) in [4.78, 5) is 0. The van der Waals surface area contributed by atoms with Gasteiger partial charge in [-0.25, -0.2) is 0 Å². The molecule has 0 aromatic rings. The molecule has 0 aliphatic rings. The molecule has 2 heteroatoms. The number of hydrogen-bond acceptors (Lipinski definition) is 0. The third kappa shape index (κ3) is 13.8. The van der Waals surface area contributed by atoms with Crippen molar-refractivity contribution >= 4 is 8.07 Å². The second-order valence-electron chi connectivity index (χ2n) is 5.33. The predicted octanol–water partition coefficient (Wildman–Crippen LogP) is 0.508. The molecule has 11 heavy (non-hydrogen) atoms. The molecule has 0 fully saturated rings. The van der Waals surface area contributed by atoms with Crippen LogP contribution in [0.4, 0.5) is 0 Å². The summed E-state index contributed by atoms with van der Waals surface area (Å²) < 4.78 is 0. The molecule has 0 amide bonds. The van der Waals surface area contributed by atoms with E-state index < -0.39 is 8.07 Å². The van der Waals surface area contributed by atoms with Crippen LogP contribution in [0.25, 0.3) is 0 Å². The van der Waals surface area contributed by atoms with Crippen LogP contribution < -0.4 is 18.9 Å². The quantitative estimate of drug-likeness (QED) is 0.412. The molecule has 0 aromatic heterocycles. The van der Waals surface area contributed by atoms with Crippen LogP contribution in [0, 0.1) is 11.5 Å². The molecule has 0 N–H and O–H groups in total. The van der Waals surface area contributed by atoms with Crippen molar-refractivity contribution in [1.29, 1.82) is 0 Å². The molecule has 0 saturated carbocycles. The van der Waals surface area contributed by atoms with Crippen molar-refractivity contribution in [3.63, 3.8) is 0 Å². The van der Waals surface area contributed by atoms with Gasteiger partial charge in [-0.05, 0) is 0 Å². The van der Waals surface area contributed by atoms with Crippen LogP contribution in [-0.2, 0) is 0 Å². The molecule has 0 aliphatic heterocycles. The first-order valence-corrected chi connectivity index (χ1v) is 7.63. The molecule has 0 saturated heterocycles. The van der Waals surface area contributed by atoms with Crippen molar-refractivity contribution in [3.8, 4) is 0 Å². The van der Waals surface area contributed by atoms with Crippen molar-refractivity contribution < 1.29 is 18.9 Å². The largest absolute Gasteiger partial charge is 1.00 e. The first-order chi connectivity index (χ1) is 4.21. The van der Waals surface area contributed by atoms with Gasteiger partial charge in [0.15, 0.2) is 0 Å². The third-order valence-electron chi connectivity index (χ3n) is 1.33. The summed E-state index contributed by atoms with van der Waals surface area (Å²) in [6.07, 6.45) is 1.27. The Morgan fingerprint density at radius 1 is 1.09 bits per heavy atom. The fourth-order valence-corrected chi connectivity index (χ4v) is 1.84. The molecule has 0 bridgehead atoms. The van der Waals surface area contributed by atoms with E-state index in [-0.39, 0.29) is 18.9 Å². The Morgan fingerprint density at radius 2 is 1.45 bits per heavy atom. The third-order valence-corrected chi connectivity index (χ3v) is 2.76. The van der Waals surface area contributed by atoms with Crippen LogP contribution in [0.2, 0.25) is 19.6 Å². The van der Waals surface area contributed by atoms with Crippen LogP contribution in [-0.4, -0.2) is 8.07 Å². The second kappa shape index (κ2) is 4.75. The molecular formula is C9H21LiSi. The normalized spacial score (nSPS) is 12.5. The van der Waals surface area contributed by atoms with Gasteiger partial charge in [-0.1, -0.05) is 45.8 Å². The number of hydrogen-bond donors (Lipinski definition) is 0. The fourth-order valence-electron chi connectivity index (χ4n) is 0.612. The van der Waals surface area contributed by atoms with E-state index >= 15 is 0 Å². The van der Waals surface area contributed by atoms with Crippen LogP contribution in [0.5, 0.6) is 0 Å². The van der Waals surface area contributed by atoms with Crippen molar-refractivity contribution in [1.82, 2.24) is 0 Å². The van der Waals surface area contributed by atoms with Gasteiger partial charge in [-0.15, -0.1) is 8.07 Å². The van der Waals surface area contributed by atoms with Gasteiger partial charge in [0.1, 0.15) is 0 Å². The van der Waals surface area contributed by atoms with Gasteiger partial charge >= 0.3 is 18.9 Å². The zero-order chi connectivity index (χ0) is 8.41. The molecule has 0 radical (unpaired) electrons. The van der Waals surface area contributed by atoms with E-state index in [0.717, 1.165) is 0 Å². The zero-order valence-corrected chi connectivity index (χ0v) is 10.3. The Bertz CT molecular complexity index is 83.1. The van der Waals surface area contributed by atoms with Gasteiger partial charge in [0.2, 0.25) is 0 Å². The van der Waals surface area contributed by atoms with E-state index in [1.165, 1.54) is 6.42 Å². The minimum Gasteiger partial charge on any atom is -0.327 e. The Morgan fingerprint density at radius 3 is 1.55 bits per heavy atom. The molecule has 62 valence electrons. The van der Waals surface area contributed by atoms with Gasteiger partial charge in [-0.2, -0.15) is 6.42 Å². The first-order valence-electron chi connectivity index (χ1n) is 4.05. The topological polar surface area (TPSA) is 0 Å². The standard InChI is InChI=1S/C9H21Si.Li/c1-9(2,3)7-8-10(4,5)6;/h8H,7H2,1-6H3;/q-1;+1. The maximum absolute atomic E-state index is 2.53. The molecule has 0 unspecified atom stereocenters. The van der Waals surface area contributed by atoms with E-state index in [2.05, 4.69) is 46.5 Å². The monoisotopic (exact) mass is 164 g/mol. The van der Waals surface area contributed by atoms with Gasteiger partial charge in [0.05, 0.1) is 0 Å². The van der Waals surface area contributed by atoms with Crippen LogP contribution >= 0.6 is 0 Å². The number of rotatable bonds is 2. The first kappa shape index (κ1) is 14.3. The smallest absolute Gasteiger partial charge is 0.327 e. The molecule has 0 aromatic carbocycles. The Balaban J connectivity index is 0. The summed E-state index contributed by atoms with van der Waals surface area (Å²) in [7, 11) is -0.892. The molecule has 0 spiro atoms. The second-order valence-corrected chi connectivity index (χ2v) is 10.5. The van der Waals surface area contributed by atoms with Gasteiger partial charge in [-0.3, -0.25) is 0 Å². The van der Waals surface area contributed by atoms with E-state index in [0.29, 0.717) is 5.41 Å². The van der Waals surface area contributed by atoms with Gasteiger partial charge in [0, 0.05) is 0 Å². The minimum absolute atomic E-state index is 0. The van der Waals surface area contributed by atoms with Crippen molar-refractivity contribution in [2.75, 3.05) is 0 Å². The molecule has 0 atom stereocenters. The van der Waals surface area contributed by atoms with E-state index in [9.17, 15) is 0 Å². The molecule has 0 aliphatic carbocycles. The predicted molar refractivity (Wildman–Crippen MR) is 51.7 cm³/mol. The molecule has 0 heterocycles. The van der Waals surface area contributed by atoms with E-state index in [4.69, 9.17) is 0 Å². The van der Waals surface area contributed by atoms with Crippen LogP contribution in [0.15, 0.2) is 0 Å². The Kier molecular flexibility index (Phi) is 6.19. The van der Waals surface area contributed by atoms with Crippen molar-refractivity contribution in [2.24, 2.45) is 5.41 Å². The van der Waals surface area contributed by atoms with Crippen molar-refractivity contribution in [2.45, 2.75) is 46.8 Å². The van der Waals surface area contributed by atoms with Crippen LogP contribution in [0.3, 0.4) is 0 Å². The summed E-state index contributed by atoms with van der Waals surface area (Å²) in [6, 6.07) is 2.53. The SMILES string of the molecule is CC(C)(C)C[CH-][Si](C)(C)C.[Li+]. The van der Waals surface area contributed by atoms with Crippen LogP contribution in [0.1, 0.15) is 27.2 Å². The summed E-state index contributed by atoms with van der Waals surface area (Å²) in [6.45, 7) is 14.0. The average Bonchev–Trinajstić information content (AvgIpc) is 1.57. The molecule has 0 rings (SSSR count). The van der Waals surface area contributed by atoms with E-state index in [1.807, 2.05) is 0 Å². The van der Waals surface area contributed by atoms with Crippen molar-refractivity contribution in [3.05, 3.63) is 6.04 Å². The summed E-state index contributed by atoms with van der Waals surface area (Å²) in [5.74, 6) is 0. The van der Waals surface area contributed by atoms with E-state index in [1.54, 1.807) is 0 Å². The summed E-state index contributed by atoms with van der Waals surface area (Å²) in [5, 5.41) is 0. The minimum atomic E-state index is -0.892. The molecular weight excluding hydrogens is 143 g/mol. The summed E-state index contributed by atoms with van der Waals surface area (Å²) in [5.41, 5.74) is 0.486. The Labute approximate surface area is 85.3 Å². The summed E-state index contributed by atoms with van der Waals surface area (Å²) >= 11 is 0. The zero-order valence-electron chi connectivity index (χ0n) is 9.28. The maximum Gasteiger partial charge on any atom is 1.00 e. The van der Waals surface area contributed by atoms with Gasteiger partial charge < -0.3 is 6.04 Å². The molecule has 0 nitrogen and oxygen atoms in total. The maximum atomic E-state index is 2.53. The van der Waals surface area contributed by atoms with Gasteiger partial charge in [0.25, 0.3) is 0 Å². The average molecular weight is 164 g/mol.